The molecule has 0 fully saturated rings. The summed E-state index contributed by atoms with van der Waals surface area (Å²) in [6, 6.07) is 11.2. The SMILES string of the molecule is [O-][S+]1c2ccccc2CN1c1ncnc(Oc2cccnc2)n1. The van der Waals surface area contributed by atoms with Crippen molar-refractivity contribution in [1.82, 2.24) is 19.9 Å². The summed E-state index contributed by atoms with van der Waals surface area (Å²) in [4.78, 5) is 17.1. The monoisotopic (exact) mass is 325 g/mol. The molecule has 7 nitrogen and oxygen atoms in total. The number of nitrogens with zero attached hydrogens (tertiary/aromatic N) is 5. The Morgan fingerprint density at radius 2 is 2.04 bits per heavy atom. The summed E-state index contributed by atoms with van der Waals surface area (Å²) in [6.07, 6.45) is 4.55. The smallest absolute Gasteiger partial charge is 0.326 e. The van der Waals surface area contributed by atoms with Crippen LogP contribution in [0, 0.1) is 0 Å². The van der Waals surface area contributed by atoms with Gasteiger partial charge >= 0.3 is 6.01 Å². The summed E-state index contributed by atoms with van der Waals surface area (Å²) < 4.78 is 19.7. The fourth-order valence-electron chi connectivity index (χ4n) is 2.24. The Kier molecular flexibility index (Phi) is 3.52. The number of aromatic nitrogens is 4. The van der Waals surface area contributed by atoms with Crippen molar-refractivity contribution in [2.75, 3.05) is 4.31 Å². The van der Waals surface area contributed by atoms with Crippen LogP contribution < -0.4 is 9.04 Å². The molecule has 1 aromatic carbocycles. The van der Waals surface area contributed by atoms with Gasteiger partial charge in [0.15, 0.2) is 4.90 Å². The van der Waals surface area contributed by atoms with Crippen molar-refractivity contribution in [3.8, 4) is 11.8 Å². The second kappa shape index (κ2) is 5.82. The van der Waals surface area contributed by atoms with E-state index in [0.29, 0.717) is 18.2 Å². The van der Waals surface area contributed by atoms with Crippen molar-refractivity contribution in [1.29, 1.82) is 0 Å². The quantitative estimate of drug-likeness (QED) is 0.681. The Balaban J connectivity index is 1.60. The first-order valence-electron chi connectivity index (χ1n) is 6.85. The summed E-state index contributed by atoms with van der Waals surface area (Å²) in [5.74, 6) is 0.837. The van der Waals surface area contributed by atoms with E-state index in [4.69, 9.17) is 4.74 Å². The van der Waals surface area contributed by atoms with E-state index in [1.165, 1.54) is 6.33 Å². The molecule has 1 unspecified atom stereocenters. The van der Waals surface area contributed by atoms with Crippen molar-refractivity contribution in [3.63, 3.8) is 0 Å². The van der Waals surface area contributed by atoms with Crippen molar-refractivity contribution < 1.29 is 9.29 Å². The van der Waals surface area contributed by atoms with E-state index < -0.39 is 11.4 Å². The zero-order valence-electron chi connectivity index (χ0n) is 11.9. The molecule has 114 valence electrons. The van der Waals surface area contributed by atoms with E-state index in [2.05, 4.69) is 19.9 Å². The Morgan fingerprint density at radius 1 is 1.13 bits per heavy atom. The van der Waals surface area contributed by atoms with Crippen LogP contribution in [0.15, 0.2) is 60.0 Å². The number of hydrogen-bond acceptors (Lipinski definition) is 7. The average molecular weight is 325 g/mol. The molecule has 1 aliphatic rings. The number of pyridine rings is 1. The van der Waals surface area contributed by atoms with Gasteiger partial charge in [-0.15, -0.1) is 4.31 Å². The highest BCUT2D eigenvalue weighted by Gasteiger charge is 2.36. The van der Waals surface area contributed by atoms with Crippen LogP contribution in [0.1, 0.15) is 5.56 Å². The largest absolute Gasteiger partial charge is 0.588 e. The van der Waals surface area contributed by atoms with Crippen molar-refractivity contribution >= 4 is 17.3 Å². The minimum absolute atomic E-state index is 0.135. The normalized spacial score (nSPS) is 16.2. The van der Waals surface area contributed by atoms with Crippen LogP contribution in [0.5, 0.6) is 11.8 Å². The number of ether oxygens (including phenoxy) is 1. The van der Waals surface area contributed by atoms with Crippen LogP contribution in [-0.2, 0) is 17.9 Å². The molecule has 23 heavy (non-hydrogen) atoms. The van der Waals surface area contributed by atoms with Crippen molar-refractivity contribution in [2.24, 2.45) is 0 Å². The van der Waals surface area contributed by atoms with Gasteiger partial charge in [0.2, 0.25) is 0 Å². The van der Waals surface area contributed by atoms with Crippen molar-refractivity contribution in [3.05, 3.63) is 60.7 Å². The highest BCUT2D eigenvalue weighted by Crippen LogP contribution is 2.32. The Morgan fingerprint density at radius 3 is 2.87 bits per heavy atom. The lowest BCUT2D eigenvalue weighted by atomic mass is 10.2. The first-order chi connectivity index (χ1) is 11.3. The van der Waals surface area contributed by atoms with Gasteiger partial charge in [0.05, 0.1) is 12.7 Å². The highest BCUT2D eigenvalue weighted by molar-refractivity contribution is 7.93. The van der Waals surface area contributed by atoms with E-state index in [1.54, 1.807) is 28.8 Å². The topological polar surface area (TPSA) is 87.1 Å². The molecule has 3 heterocycles. The Labute approximate surface area is 135 Å². The maximum absolute atomic E-state index is 12.6. The second-order valence-corrected chi connectivity index (χ2v) is 6.13. The predicted octanol–water partition coefficient (Wildman–Crippen LogP) is 2.10. The number of anilines is 1. The minimum Gasteiger partial charge on any atom is -0.588 e. The van der Waals surface area contributed by atoms with Gasteiger partial charge in [0, 0.05) is 11.8 Å². The van der Waals surface area contributed by atoms with Gasteiger partial charge < -0.3 is 9.29 Å². The predicted molar refractivity (Wildman–Crippen MR) is 83.2 cm³/mol. The Bertz CT molecular complexity index is 833. The van der Waals surface area contributed by atoms with E-state index >= 15 is 0 Å². The van der Waals surface area contributed by atoms with E-state index in [1.807, 2.05) is 24.3 Å². The van der Waals surface area contributed by atoms with Crippen LogP contribution in [-0.4, -0.2) is 24.5 Å². The third-order valence-electron chi connectivity index (χ3n) is 3.28. The summed E-state index contributed by atoms with van der Waals surface area (Å²) in [6.45, 7) is 0.485. The summed E-state index contributed by atoms with van der Waals surface area (Å²) in [5.41, 5.74) is 1.00. The third-order valence-corrected chi connectivity index (χ3v) is 4.75. The van der Waals surface area contributed by atoms with E-state index in [-0.39, 0.29) is 6.01 Å². The average Bonchev–Trinajstić information content (AvgIpc) is 2.93. The molecule has 0 saturated carbocycles. The number of rotatable bonds is 3. The van der Waals surface area contributed by atoms with Gasteiger partial charge in [-0.2, -0.15) is 15.0 Å². The lowest BCUT2D eigenvalue weighted by Gasteiger charge is -2.16. The molecule has 0 radical (unpaired) electrons. The summed E-state index contributed by atoms with van der Waals surface area (Å²) in [7, 11) is 0. The molecular formula is C15H11N5O2S. The first kappa shape index (κ1) is 13.9. The van der Waals surface area contributed by atoms with Gasteiger partial charge in [-0.3, -0.25) is 4.98 Å². The Hall–Kier alpha value is -2.71. The van der Waals surface area contributed by atoms with Crippen molar-refractivity contribution in [2.45, 2.75) is 11.4 Å². The molecule has 1 atom stereocenters. The summed E-state index contributed by atoms with van der Waals surface area (Å²) in [5, 5.41) is 0. The zero-order chi connectivity index (χ0) is 15.6. The lowest BCUT2D eigenvalue weighted by Crippen LogP contribution is -2.25. The molecule has 2 aromatic heterocycles. The van der Waals surface area contributed by atoms with Gasteiger partial charge in [0.1, 0.15) is 23.4 Å². The second-order valence-electron chi connectivity index (χ2n) is 4.75. The lowest BCUT2D eigenvalue weighted by molar-refractivity contribution is 0.437. The molecule has 0 saturated heterocycles. The number of fused-ring (bicyclic) bond motifs is 1. The maximum Gasteiger partial charge on any atom is 0.326 e. The molecular weight excluding hydrogens is 314 g/mol. The van der Waals surface area contributed by atoms with Crippen LogP contribution in [0.4, 0.5) is 5.95 Å². The molecule has 0 N–H and O–H groups in total. The molecule has 0 bridgehead atoms. The van der Waals surface area contributed by atoms with Gasteiger partial charge in [0.25, 0.3) is 5.95 Å². The summed E-state index contributed by atoms with van der Waals surface area (Å²) >= 11 is -1.33. The minimum atomic E-state index is -1.33. The standard InChI is InChI=1S/C15H11N5O2S/c21-23-13-6-2-1-4-11(13)9-20(23)14-17-10-18-15(19-14)22-12-5-3-7-16-8-12/h1-8,10H,9H2. The molecule has 8 heteroatoms. The fraction of sp³-hybridized carbons (Fsp3) is 0.0667. The first-order valence-corrected chi connectivity index (χ1v) is 7.96. The molecule has 3 aromatic rings. The van der Waals surface area contributed by atoms with Crippen LogP contribution in [0.3, 0.4) is 0 Å². The highest BCUT2D eigenvalue weighted by atomic mass is 32.2. The van der Waals surface area contributed by atoms with Crippen LogP contribution >= 0.6 is 0 Å². The zero-order valence-corrected chi connectivity index (χ0v) is 12.7. The van der Waals surface area contributed by atoms with Crippen LogP contribution in [0.2, 0.25) is 0 Å². The number of benzene rings is 1. The third kappa shape index (κ3) is 2.69. The van der Waals surface area contributed by atoms with E-state index in [0.717, 1.165) is 10.5 Å². The number of hydrogen-bond donors (Lipinski definition) is 0. The van der Waals surface area contributed by atoms with Crippen LogP contribution in [0.25, 0.3) is 0 Å². The molecule has 0 amide bonds. The van der Waals surface area contributed by atoms with Gasteiger partial charge in [-0.25, -0.2) is 0 Å². The maximum atomic E-state index is 12.6. The molecule has 0 aliphatic carbocycles. The fourth-order valence-corrected chi connectivity index (χ4v) is 3.52. The molecule has 4 rings (SSSR count). The van der Waals surface area contributed by atoms with Gasteiger partial charge in [-0.1, -0.05) is 18.2 Å². The van der Waals surface area contributed by atoms with Gasteiger partial charge in [-0.05, 0) is 18.2 Å². The van der Waals surface area contributed by atoms with E-state index in [9.17, 15) is 4.55 Å². The molecule has 0 spiro atoms. The molecule has 1 aliphatic heterocycles.